The van der Waals surface area contributed by atoms with Gasteiger partial charge in [-0.25, -0.2) is 9.96 Å². The molecule has 0 radical (unpaired) electrons. The van der Waals surface area contributed by atoms with Crippen LogP contribution in [-0.4, -0.2) is 30.1 Å². The zero-order valence-electron chi connectivity index (χ0n) is 17.0. The van der Waals surface area contributed by atoms with Crippen molar-refractivity contribution in [3.05, 3.63) is 83.4 Å². The Hall–Kier alpha value is -3.55. The number of amides is 2. The highest BCUT2D eigenvalue weighted by molar-refractivity contribution is 6.30. The molecule has 2 fully saturated rings. The summed E-state index contributed by atoms with van der Waals surface area (Å²) in [6.07, 6.45) is -0.983. The number of carbonyl (C=O) groups is 2. The van der Waals surface area contributed by atoms with Crippen LogP contribution in [0.2, 0.25) is 5.02 Å². The molecule has 0 unspecified atom stereocenters. The van der Waals surface area contributed by atoms with Crippen LogP contribution >= 0.6 is 11.6 Å². The van der Waals surface area contributed by atoms with Gasteiger partial charge in [0.1, 0.15) is 5.92 Å². The Morgan fingerprint density at radius 3 is 2.34 bits per heavy atom. The Morgan fingerprint density at radius 1 is 0.938 bits per heavy atom. The van der Waals surface area contributed by atoms with E-state index in [4.69, 9.17) is 21.2 Å². The van der Waals surface area contributed by atoms with Gasteiger partial charge in [-0.05, 0) is 54.1 Å². The summed E-state index contributed by atoms with van der Waals surface area (Å²) in [6, 6.07) is 20.0. The number of para-hydroxylation sites is 1. The van der Waals surface area contributed by atoms with Crippen molar-refractivity contribution in [3.8, 4) is 11.5 Å². The minimum absolute atomic E-state index is 0.0236. The van der Waals surface area contributed by atoms with Crippen LogP contribution in [0.3, 0.4) is 0 Å². The van der Waals surface area contributed by atoms with Crippen molar-refractivity contribution in [1.82, 2.24) is 0 Å². The number of methoxy groups -OCH3 is 1. The Balaban J connectivity index is 1.61. The third-order valence-electron chi connectivity index (χ3n) is 5.76. The van der Waals surface area contributed by atoms with Crippen molar-refractivity contribution >= 4 is 34.8 Å². The van der Waals surface area contributed by atoms with Crippen LogP contribution in [-0.2, 0) is 14.4 Å². The van der Waals surface area contributed by atoms with E-state index in [-0.39, 0.29) is 17.4 Å². The number of rotatable bonds is 4. The SMILES string of the molecule is COc1cc([C@@H]2[C@H]3C(=O)N(c4ccccc4)C(=O)[C@H]3ON2c2ccc(Cl)cc2)ccc1O. The molecule has 8 heteroatoms. The van der Waals surface area contributed by atoms with Gasteiger partial charge < -0.3 is 9.84 Å². The van der Waals surface area contributed by atoms with Crippen molar-refractivity contribution in [1.29, 1.82) is 0 Å². The molecule has 3 atom stereocenters. The highest BCUT2D eigenvalue weighted by Gasteiger charge is 2.60. The number of fused-ring (bicyclic) bond motifs is 1. The number of ether oxygens (including phenoxy) is 1. The summed E-state index contributed by atoms with van der Waals surface area (Å²) in [5.74, 6) is -1.31. The van der Waals surface area contributed by atoms with E-state index < -0.39 is 24.0 Å². The quantitative estimate of drug-likeness (QED) is 0.603. The van der Waals surface area contributed by atoms with Crippen LogP contribution in [0.4, 0.5) is 11.4 Å². The standard InChI is InChI=1S/C24H19ClN2O5/c1-31-19-13-14(7-12-18(19)28)21-20-22(32-27(21)17-10-8-15(25)9-11-17)24(30)26(23(20)29)16-5-3-2-4-6-16/h2-13,20-22,28H,1H3/t20-,21-,22+/m1/s1. The first-order valence-corrected chi connectivity index (χ1v) is 10.4. The summed E-state index contributed by atoms with van der Waals surface area (Å²) in [7, 11) is 1.45. The van der Waals surface area contributed by atoms with Gasteiger partial charge in [-0.15, -0.1) is 0 Å². The van der Waals surface area contributed by atoms with Gasteiger partial charge in [-0.1, -0.05) is 35.9 Å². The Labute approximate surface area is 189 Å². The van der Waals surface area contributed by atoms with Gasteiger partial charge >= 0.3 is 0 Å². The van der Waals surface area contributed by atoms with Gasteiger partial charge in [0.25, 0.3) is 5.91 Å². The van der Waals surface area contributed by atoms with Crippen molar-refractivity contribution in [3.63, 3.8) is 0 Å². The van der Waals surface area contributed by atoms with E-state index in [0.717, 1.165) is 0 Å². The molecule has 32 heavy (non-hydrogen) atoms. The number of nitrogens with zero attached hydrogens (tertiary/aromatic N) is 2. The maximum Gasteiger partial charge on any atom is 0.266 e. The number of phenolic OH excluding ortho intramolecular Hbond substituents is 1. The van der Waals surface area contributed by atoms with Gasteiger partial charge in [0.2, 0.25) is 5.91 Å². The normalized spacial score (nSPS) is 22.4. The maximum absolute atomic E-state index is 13.5. The van der Waals surface area contributed by atoms with Gasteiger partial charge in [-0.2, -0.15) is 0 Å². The van der Waals surface area contributed by atoms with Crippen LogP contribution in [0.25, 0.3) is 0 Å². The van der Waals surface area contributed by atoms with Crippen molar-refractivity contribution < 1.29 is 24.3 Å². The molecule has 3 aromatic rings. The average Bonchev–Trinajstić information content (AvgIpc) is 3.31. The number of benzene rings is 3. The first-order chi connectivity index (χ1) is 15.5. The smallest absolute Gasteiger partial charge is 0.266 e. The Bertz CT molecular complexity index is 1180. The lowest BCUT2D eigenvalue weighted by Gasteiger charge is -2.29. The predicted octanol–water partition coefficient (Wildman–Crippen LogP) is 4.11. The summed E-state index contributed by atoms with van der Waals surface area (Å²) in [4.78, 5) is 34.1. The number of aromatic hydroxyl groups is 1. The molecular weight excluding hydrogens is 432 g/mol. The van der Waals surface area contributed by atoms with Crippen LogP contribution in [0, 0.1) is 5.92 Å². The monoisotopic (exact) mass is 450 g/mol. The number of hydrogen-bond donors (Lipinski definition) is 1. The van der Waals surface area contributed by atoms with Crippen molar-refractivity contribution in [2.45, 2.75) is 12.1 Å². The highest BCUT2D eigenvalue weighted by atomic mass is 35.5. The van der Waals surface area contributed by atoms with Gasteiger partial charge in [0.05, 0.1) is 24.5 Å². The van der Waals surface area contributed by atoms with E-state index in [1.807, 2.05) is 6.07 Å². The zero-order chi connectivity index (χ0) is 22.4. The topological polar surface area (TPSA) is 79.3 Å². The molecule has 1 N–H and O–H groups in total. The van der Waals surface area contributed by atoms with E-state index in [1.54, 1.807) is 65.7 Å². The largest absolute Gasteiger partial charge is 0.504 e. The fourth-order valence-electron chi connectivity index (χ4n) is 4.28. The van der Waals surface area contributed by atoms with E-state index in [1.165, 1.54) is 18.1 Å². The molecule has 2 aliphatic heterocycles. The third-order valence-corrected chi connectivity index (χ3v) is 6.01. The fraction of sp³-hybridized carbons (Fsp3) is 0.167. The Morgan fingerprint density at radius 2 is 1.66 bits per heavy atom. The summed E-state index contributed by atoms with van der Waals surface area (Å²) in [5, 5.41) is 12.2. The predicted molar refractivity (Wildman–Crippen MR) is 119 cm³/mol. The molecule has 2 heterocycles. The number of phenols is 1. The lowest BCUT2D eigenvalue weighted by atomic mass is 9.90. The summed E-state index contributed by atoms with van der Waals surface area (Å²) in [6.45, 7) is 0. The number of halogens is 1. The molecule has 2 amide bonds. The first kappa shape index (κ1) is 20.4. The second-order valence-electron chi connectivity index (χ2n) is 7.58. The second-order valence-corrected chi connectivity index (χ2v) is 8.01. The maximum atomic E-state index is 13.5. The molecular formula is C24H19ClN2O5. The first-order valence-electron chi connectivity index (χ1n) is 10.0. The Kier molecular flexibility index (Phi) is 5.00. The number of carbonyl (C=O) groups excluding carboxylic acids is 2. The van der Waals surface area contributed by atoms with E-state index >= 15 is 0 Å². The van der Waals surface area contributed by atoms with E-state index in [2.05, 4.69) is 0 Å². The van der Waals surface area contributed by atoms with E-state index in [9.17, 15) is 14.7 Å². The van der Waals surface area contributed by atoms with E-state index in [0.29, 0.717) is 22.0 Å². The molecule has 2 saturated heterocycles. The molecule has 5 rings (SSSR count). The second kappa shape index (κ2) is 7.85. The lowest BCUT2D eigenvalue weighted by Crippen LogP contribution is -2.37. The zero-order valence-corrected chi connectivity index (χ0v) is 17.8. The summed E-state index contributed by atoms with van der Waals surface area (Å²) < 4.78 is 5.26. The molecule has 3 aromatic carbocycles. The van der Waals surface area contributed by atoms with Gasteiger partial charge in [0, 0.05) is 5.02 Å². The summed E-state index contributed by atoms with van der Waals surface area (Å²) >= 11 is 6.04. The highest BCUT2D eigenvalue weighted by Crippen LogP contribution is 2.48. The van der Waals surface area contributed by atoms with Gasteiger partial charge in [-0.3, -0.25) is 14.4 Å². The van der Waals surface area contributed by atoms with Crippen LogP contribution in [0.15, 0.2) is 72.8 Å². The molecule has 162 valence electrons. The number of imide groups is 1. The minimum Gasteiger partial charge on any atom is -0.504 e. The number of hydrogen-bond acceptors (Lipinski definition) is 6. The molecule has 0 saturated carbocycles. The fourth-order valence-corrected chi connectivity index (χ4v) is 4.40. The molecule has 7 nitrogen and oxygen atoms in total. The molecule has 2 aliphatic rings. The molecule has 0 bridgehead atoms. The summed E-state index contributed by atoms with van der Waals surface area (Å²) in [5.41, 5.74) is 1.81. The number of anilines is 2. The number of hydroxylamine groups is 1. The van der Waals surface area contributed by atoms with Crippen LogP contribution in [0.1, 0.15) is 11.6 Å². The van der Waals surface area contributed by atoms with Crippen molar-refractivity contribution in [2.24, 2.45) is 5.92 Å². The van der Waals surface area contributed by atoms with Crippen LogP contribution in [0.5, 0.6) is 11.5 Å². The third kappa shape index (κ3) is 3.18. The molecule has 0 aliphatic carbocycles. The molecule has 0 spiro atoms. The molecule has 0 aromatic heterocycles. The van der Waals surface area contributed by atoms with Crippen molar-refractivity contribution in [2.75, 3.05) is 17.1 Å². The average molecular weight is 451 g/mol. The van der Waals surface area contributed by atoms with Crippen LogP contribution < -0.4 is 14.7 Å². The minimum atomic E-state index is -0.983. The van der Waals surface area contributed by atoms with Gasteiger partial charge in [0.15, 0.2) is 17.6 Å². The lowest BCUT2D eigenvalue weighted by molar-refractivity contribution is -0.126.